The predicted octanol–water partition coefficient (Wildman–Crippen LogP) is 5.58. The van der Waals surface area contributed by atoms with Gasteiger partial charge in [-0.05, 0) is 66.0 Å². The number of nitrogens with zero attached hydrogens (tertiary/aromatic N) is 1. The van der Waals surface area contributed by atoms with Gasteiger partial charge in [-0.25, -0.2) is 4.39 Å². The van der Waals surface area contributed by atoms with Crippen molar-refractivity contribution in [1.82, 2.24) is 5.32 Å². The van der Waals surface area contributed by atoms with Crippen LogP contribution in [0.4, 0.5) is 17.6 Å². The number of fused-ring (bicyclic) bond motifs is 1. The average Bonchev–Trinajstić information content (AvgIpc) is 2.76. The Morgan fingerprint density at radius 1 is 1.09 bits per heavy atom. The smallest absolute Gasteiger partial charge is 0.446 e. The average molecular weight is 480 g/mol. The van der Waals surface area contributed by atoms with E-state index in [0.29, 0.717) is 16.3 Å². The summed E-state index contributed by atoms with van der Waals surface area (Å²) in [7, 11) is 0. The van der Waals surface area contributed by atoms with Gasteiger partial charge in [-0.1, -0.05) is 18.2 Å². The number of ether oxygens (including phenoxy) is 1. The summed E-state index contributed by atoms with van der Waals surface area (Å²) in [6.07, 6.45) is 0. The Labute approximate surface area is 189 Å². The molecule has 3 aromatic carbocycles. The van der Waals surface area contributed by atoms with Gasteiger partial charge in [-0.2, -0.15) is 13.2 Å². The van der Waals surface area contributed by atoms with Crippen LogP contribution in [0.1, 0.15) is 22.8 Å². The molecule has 1 unspecified atom stereocenters. The second-order valence-electron chi connectivity index (χ2n) is 6.91. The van der Waals surface area contributed by atoms with Crippen molar-refractivity contribution in [3.8, 4) is 5.75 Å². The molecule has 2 amide bonds. The number of benzene rings is 3. The normalized spacial score (nSPS) is 12.3. The molecule has 0 aliphatic heterocycles. The molecule has 0 aliphatic carbocycles. The number of hydrogen-bond acceptors (Lipinski definition) is 5. The van der Waals surface area contributed by atoms with Gasteiger partial charge in [0.15, 0.2) is 0 Å². The van der Waals surface area contributed by atoms with Gasteiger partial charge in [0.1, 0.15) is 24.2 Å². The lowest BCUT2D eigenvalue weighted by Crippen LogP contribution is -2.37. The van der Waals surface area contributed by atoms with E-state index in [9.17, 15) is 32.1 Å². The molecule has 1 atom stereocenters. The Balaban J connectivity index is 1.89. The van der Waals surface area contributed by atoms with Crippen molar-refractivity contribution in [1.29, 1.82) is 0 Å². The standard InChI is InChI=1S/C22H16F4N2O4S/c1-12(20(29)28-31)27-21(30)18-8-4-14-10-15(23)5-9-17(14)19(18)32-11-13-2-6-16(7-3-13)33-22(24,25)26/h2-10,12H,11H2,1H3,(H,27,30). The molecule has 172 valence electrons. The molecule has 0 fully saturated rings. The van der Waals surface area contributed by atoms with E-state index >= 15 is 0 Å². The number of rotatable bonds is 7. The fourth-order valence-corrected chi connectivity index (χ4v) is 3.50. The Hall–Kier alpha value is -3.47. The monoisotopic (exact) mass is 480 g/mol. The maximum atomic E-state index is 13.7. The molecule has 0 saturated carbocycles. The Morgan fingerprint density at radius 3 is 2.42 bits per heavy atom. The topological polar surface area (TPSA) is 84.8 Å². The van der Waals surface area contributed by atoms with Gasteiger partial charge in [0.05, 0.1) is 5.56 Å². The molecule has 0 spiro atoms. The maximum Gasteiger partial charge on any atom is 0.446 e. The van der Waals surface area contributed by atoms with Crippen LogP contribution < -0.4 is 10.1 Å². The highest BCUT2D eigenvalue weighted by Crippen LogP contribution is 2.37. The second kappa shape index (κ2) is 9.99. The van der Waals surface area contributed by atoms with E-state index in [1.807, 2.05) is 0 Å². The minimum absolute atomic E-state index is 0.00870. The van der Waals surface area contributed by atoms with E-state index in [1.165, 1.54) is 61.5 Å². The van der Waals surface area contributed by atoms with Crippen molar-refractivity contribution < 1.29 is 31.9 Å². The van der Waals surface area contributed by atoms with Crippen LogP contribution in [-0.2, 0) is 11.4 Å². The lowest BCUT2D eigenvalue weighted by atomic mass is 10.0. The van der Waals surface area contributed by atoms with Gasteiger partial charge in [-0.3, -0.25) is 9.59 Å². The van der Waals surface area contributed by atoms with Crippen molar-refractivity contribution in [2.45, 2.75) is 30.0 Å². The van der Waals surface area contributed by atoms with Crippen molar-refractivity contribution in [3.63, 3.8) is 0 Å². The van der Waals surface area contributed by atoms with Crippen LogP contribution in [0.5, 0.6) is 5.75 Å². The summed E-state index contributed by atoms with van der Waals surface area (Å²) in [4.78, 5) is 34.6. The molecule has 0 bridgehead atoms. The minimum atomic E-state index is -4.41. The number of nitroso groups, excluding NO2 is 1. The molecule has 0 aliphatic rings. The molecule has 3 aromatic rings. The van der Waals surface area contributed by atoms with E-state index < -0.39 is 29.2 Å². The second-order valence-corrected chi connectivity index (χ2v) is 8.05. The first-order valence-electron chi connectivity index (χ1n) is 9.45. The number of hydrogen-bond donors (Lipinski definition) is 1. The third kappa shape index (κ3) is 6.28. The van der Waals surface area contributed by atoms with Gasteiger partial charge in [0.2, 0.25) is 0 Å². The SMILES string of the molecule is CC(NC(=O)c1ccc2cc(F)ccc2c1OCc1ccc(SC(F)(F)F)cc1)C(=O)N=O. The first kappa shape index (κ1) is 24.2. The summed E-state index contributed by atoms with van der Waals surface area (Å²) >= 11 is -0.243. The molecule has 0 heterocycles. The zero-order valence-electron chi connectivity index (χ0n) is 17.0. The van der Waals surface area contributed by atoms with Crippen LogP contribution in [0.3, 0.4) is 0 Å². The van der Waals surface area contributed by atoms with Crippen LogP contribution >= 0.6 is 11.8 Å². The Morgan fingerprint density at radius 2 is 1.79 bits per heavy atom. The molecular formula is C22H16F4N2O4S. The van der Waals surface area contributed by atoms with Gasteiger partial charge >= 0.3 is 11.4 Å². The van der Waals surface area contributed by atoms with E-state index in [-0.39, 0.29) is 34.6 Å². The molecule has 1 N–H and O–H groups in total. The number of amides is 2. The number of thioether (sulfide) groups is 1. The van der Waals surface area contributed by atoms with E-state index in [1.54, 1.807) is 0 Å². The van der Waals surface area contributed by atoms with E-state index in [0.717, 1.165) is 0 Å². The molecule has 0 radical (unpaired) electrons. The molecule has 6 nitrogen and oxygen atoms in total. The maximum absolute atomic E-state index is 13.7. The quantitative estimate of drug-likeness (QED) is 0.271. The fraction of sp³-hybridized carbons (Fsp3) is 0.182. The first-order valence-corrected chi connectivity index (χ1v) is 10.3. The van der Waals surface area contributed by atoms with Gasteiger partial charge < -0.3 is 10.1 Å². The highest BCUT2D eigenvalue weighted by Gasteiger charge is 2.29. The summed E-state index contributed by atoms with van der Waals surface area (Å²) in [6, 6.07) is 11.0. The summed E-state index contributed by atoms with van der Waals surface area (Å²) in [6.45, 7) is 1.19. The van der Waals surface area contributed by atoms with Crippen molar-refractivity contribution in [3.05, 3.63) is 76.4 Å². The van der Waals surface area contributed by atoms with Crippen molar-refractivity contribution in [2.75, 3.05) is 0 Å². The van der Waals surface area contributed by atoms with Crippen molar-refractivity contribution in [2.24, 2.45) is 5.18 Å². The molecule has 3 rings (SSSR count). The third-order valence-corrected chi connectivity index (χ3v) is 5.26. The van der Waals surface area contributed by atoms with Crippen LogP contribution in [0.2, 0.25) is 0 Å². The van der Waals surface area contributed by atoms with Gasteiger partial charge in [0.25, 0.3) is 5.91 Å². The molecule has 0 aromatic heterocycles. The summed E-state index contributed by atoms with van der Waals surface area (Å²) in [5, 5.41) is 5.46. The van der Waals surface area contributed by atoms with Crippen LogP contribution in [-0.4, -0.2) is 23.4 Å². The lowest BCUT2D eigenvalue weighted by molar-refractivity contribution is -0.119. The van der Waals surface area contributed by atoms with Crippen molar-refractivity contribution >= 4 is 34.3 Å². The Kier molecular flexibility index (Phi) is 7.32. The minimum Gasteiger partial charge on any atom is -0.487 e. The Bertz CT molecular complexity index is 1200. The molecule has 0 saturated heterocycles. The molecule has 33 heavy (non-hydrogen) atoms. The highest BCUT2D eigenvalue weighted by atomic mass is 32.2. The first-order chi connectivity index (χ1) is 15.6. The third-order valence-electron chi connectivity index (χ3n) is 4.53. The summed E-state index contributed by atoms with van der Waals surface area (Å²) in [5.41, 5.74) is -3.86. The van der Waals surface area contributed by atoms with E-state index in [2.05, 4.69) is 10.5 Å². The van der Waals surface area contributed by atoms with Crippen LogP contribution in [0.25, 0.3) is 10.8 Å². The zero-order valence-corrected chi connectivity index (χ0v) is 17.8. The molecular weight excluding hydrogens is 464 g/mol. The van der Waals surface area contributed by atoms with E-state index in [4.69, 9.17) is 4.74 Å². The highest BCUT2D eigenvalue weighted by molar-refractivity contribution is 8.00. The lowest BCUT2D eigenvalue weighted by Gasteiger charge is -2.16. The zero-order chi connectivity index (χ0) is 24.2. The predicted molar refractivity (Wildman–Crippen MR) is 114 cm³/mol. The van der Waals surface area contributed by atoms with Gasteiger partial charge in [-0.15, -0.1) is 4.91 Å². The number of nitrogens with one attached hydrogen (secondary N) is 1. The van der Waals surface area contributed by atoms with Crippen LogP contribution in [0.15, 0.2) is 64.7 Å². The summed E-state index contributed by atoms with van der Waals surface area (Å²) < 4.78 is 57.0. The largest absolute Gasteiger partial charge is 0.487 e. The number of alkyl halides is 3. The number of carbonyl (C=O) groups is 2. The molecule has 11 heteroatoms. The summed E-state index contributed by atoms with van der Waals surface area (Å²) in [5.74, 6) is -2.21. The number of carbonyl (C=O) groups excluding carboxylic acids is 2. The van der Waals surface area contributed by atoms with Crippen LogP contribution in [0, 0.1) is 10.7 Å². The number of halogens is 4. The van der Waals surface area contributed by atoms with Gasteiger partial charge in [0, 0.05) is 15.5 Å². The fourth-order valence-electron chi connectivity index (χ4n) is 2.96.